The van der Waals surface area contributed by atoms with Crippen LogP contribution in [0.15, 0.2) is 0 Å². The van der Waals surface area contributed by atoms with E-state index in [0.29, 0.717) is 6.42 Å². The molecule has 1 unspecified atom stereocenters. The van der Waals surface area contributed by atoms with E-state index in [9.17, 15) is 5.11 Å². The lowest BCUT2D eigenvalue weighted by atomic mass is 9.74. The molecule has 1 N–H and O–H groups in total. The molecule has 0 aromatic rings. The lowest BCUT2D eigenvalue weighted by Crippen LogP contribution is -2.41. The van der Waals surface area contributed by atoms with Gasteiger partial charge in [0.15, 0.2) is 0 Å². The summed E-state index contributed by atoms with van der Waals surface area (Å²) in [5.74, 6) is 6.15. The molecule has 14 heavy (non-hydrogen) atoms. The average Bonchev–Trinajstić information content (AvgIpc) is 1.96. The summed E-state index contributed by atoms with van der Waals surface area (Å²) in [5, 5.41) is 10.3. The minimum atomic E-state index is -0.875. The Bertz CT molecular complexity index is 241. The largest absolute Gasteiger partial charge is 0.377 e. The highest BCUT2D eigenvalue weighted by Gasteiger charge is 2.36. The van der Waals surface area contributed by atoms with Gasteiger partial charge in [0.05, 0.1) is 0 Å². The van der Waals surface area contributed by atoms with Crippen molar-refractivity contribution in [3.05, 3.63) is 0 Å². The van der Waals surface area contributed by atoms with Crippen LogP contribution < -0.4 is 0 Å². The third kappa shape index (κ3) is 3.72. The molecule has 0 radical (unpaired) electrons. The van der Waals surface area contributed by atoms with Crippen LogP contribution in [0.3, 0.4) is 0 Å². The Balaban J connectivity index is 4.98. The SMILES string of the molecule is CCC(O)(C#CC(C)(C)C)C(C)(C)C. The third-order valence-electron chi connectivity index (χ3n) is 2.40. The zero-order chi connectivity index (χ0) is 11.6. The fourth-order valence-corrected chi connectivity index (χ4v) is 1.10. The quantitative estimate of drug-likeness (QED) is 0.638. The lowest BCUT2D eigenvalue weighted by molar-refractivity contribution is -0.00776. The van der Waals surface area contributed by atoms with Gasteiger partial charge in [0, 0.05) is 10.8 Å². The zero-order valence-electron chi connectivity index (χ0n) is 10.7. The summed E-state index contributed by atoms with van der Waals surface area (Å²) in [7, 11) is 0. The summed E-state index contributed by atoms with van der Waals surface area (Å²) >= 11 is 0. The molecule has 0 aliphatic rings. The highest BCUT2D eigenvalue weighted by atomic mass is 16.3. The van der Waals surface area contributed by atoms with Crippen molar-refractivity contribution in [3.63, 3.8) is 0 Å². The van der Waals surface area contributed by atoms with Gasteiger partial charge in [-0.3, -0.25) is 0 Å². The van der Waals surface area contributed by atoms with E-state index in [4.69, 9.17) is 0 Å². The molecular weight excluding hydrogens is 172 g/mol. The summed E-state index contributed by atoms with van der Waals surface area (Å²) in [5.41, 5.74) is -1.12. The maximum Gasteiger partial charge on any atom is 0.130 e. The van der Waals surface area contributed by atoms with Crippen molar-refractivity contribution >= 4 is 0 Å². The smallest absolute Gasteiger partial charge is 0.130 e. The molecule has 0 aromatic heterocycles. The summed E-state index contributed by atoms with van der Waals surface area (Å²) in [4.78, 5) is 0. The number of aliphatic hydroxyl groups is 1. The first kappa shape index (κ1) is 13.5. The maximum atomic E-state index is 10.3. The highest BCUT2D eigenvalue weighted by Crippen LogP contribution is 2.32. The van der Waals surface area contributed by atoms with Gasteiger partial charge in [0.1, 0.15) is 5.60 Å². The maximum absolute atomic E-state index is 10.3. The van der Waals surface area contributed by atoms with Crippen molar-refractivity contribution in [2.45, 2.75) is 60.5 Å². The van der Waals surface area contributed by atoms with Gasteiger partial charge in [-0.25, -0.2) is 0 Å². The molecular formula is C13H24O. The zero-order valence-corrected chi connectivity index (χ0v) is 10.7. The van der Waals surface area contributed by atoms with E-state index in [1.165, 1.54) is 0 Å². The molecule has 1 heteroatoms. The van der Waals surface area contributed by atoms with E-state index in [0.717, 1.165) is 0 Å². The summed E-state index contributed by atoms with van der Waals surface area (Å²) in [6.07, 6.45) is 0.666. The number of hydrogen-bond donors (Lipinski definition) is 1. The van der Waals surface area contributed by atoms with Crippen LogP contribution >= 0.6 is 0 Å². The molecule has 0 aliphatic heterocycles. The van der Waals surface area contributed by atoms with E-state index in [-0.39, 0.29) is 10.8 Å². The van der Waals surface area contributed by atoms with Gasteiger partial charge in [0.2, 0.25) is 0 Å². The Morgan fingerprint density at radius 2 is 1.36 bits per heavy atom. The van der Waals surface area contributed by atoms with Crippen LogP contribution in [0, 0.1) is 22.7 Å². The van der Waals surface area contributed by atoms with Crippen LogP contribution in [-0.4, -0.2) is 10.7 Å². The standard InChI is InChI=1S/C13H24O/c1-8-13(14,12(5,6)7)10-9-11(2,3)4/h14H,8H2,1-7H3. The van der Waals surface area contributed by atoms with Crippen molar-refractivity contribution in [2.75, 3.05) is 0 Å². The van der Waals surface area contributed by atoms with Crippen molar-refractivity contribution < 1.29 is 5.11 Å². The number of rotatable bonds is 1. The molecule has 0 amide bonds. The second-order valence-electron chi connectivity index (χ2n) is 5.96. The van der Waals surface area contributed by atoms with E-state index in [1.54, 1.807) is 0 Å². The Hall–Kier alpha value is -0.480. The fourth-order valence-electron chi connectivity index (χ4n) is 1.10. The van der Waals surface area contributed by atoms with Crippen molar-refractivity contribution in [1.82, 2.24) is 0 Å². The molecule has 0 rings (SSSR count). The van der Waals surface area contributed by atoms with E-state index in [2.05, 4.69) is 32.6 Å². The molecule has 0 aromatic carbocycles. The predicted octanol–water partition coefficient (Wildman–Crippen LogP) is 3.22. The van der Waals surface area contributed by atoms with Crippen molar-refractivity contribution in [1.29, 1.82) is 0 Å². The molecule has 1 nitrogen and oxygen atoms in total. The van der Waals surface area contributed by atoms with Crippen LogP contribution in [0.25, 0.3) is 0 Å². The van der Waals surface area contributed by atoms with Crippen LogP contribution in [0.5, 0.6) is 0 Å². The molecule has 0 aliphatic carbocycles. The molecule has 0 saturated heterocycles. The Morgan fingerprint density at radius 3 is 1.57 bits per heavy atom. The summed E-state index contributed by atoms with van der Waals surface area (Å²) in [6.45, 7) is 14.2. The molecule has 0 saturated carbocycles. The van der Waals surface area contributed by atoms with Gasteiger partial charge >= 0.3 is 0 Å². The van der Waals surface area contributed by atoms with E-state index in [1.807, 2.05) is 27.7 Å². The van der Waals surface area contributed by atoms with Crippen LogP contribution in [0.1, 0.15) is 54.9 Å². The van der Waals surface area contributed by atoms with Gasteiger partial charge in [-0.05, 0) is 27.2 Å². The summed E-state index contributed by atoms with van der Waals surface area (Å²) in [6, 6.07) is 0. The Kier molecular flexibility index (Phi) is 3.81. The van der Waals surface area contributed by atoms with Crippen molar-refractivity contribution in [2.24, 2.45) is 10.8 Å². The van der Waals surface area contributed by atoms with Gasteiger partial charge in [0.25, 0.3) is 0 Å². The molecule has 0 bridgehead atoms. The minimum absolute atomic E-state index is 0.0472. The average molecular weight is 196 g/mol. The van der Waals surface area contributed by atoms with Crippen LogP contribution in [0.2, 0.25) is 0 Å². The normalized spacial score (nSPS) is 16.9. The Morgan fingerprint density at radius 1 is 0.929 bits per heavy atom. The molecule has 0 fully saturated rings. The highest BCUT2D eigenvalue weighted by molar-refractivity contribution is 5.20. The molecule has 1 atom stereocenters. The molecule has 0 spiro atoms. The van der Waals surface area contributed by atoms with Crippen LogP contribution in [-0.2, 0) is 0 Å². The first-order valence-electron chi connectivity index (χ1n) is 5.28. The monoisotopic (exact) mass is 196 g/mol. The predicted molar refractivity (Wildman–Crippen MR) is 61.9 cm³/mol. The second-order valence-corrected chi connectivity index (χ2v) is 5.96. The van der Waals surface area contributed by atoms with E-state index >= 15 is 0 Å². The van der Waals surface area contributed by atoms with Gasteiger partial charge in [-0.1, -0.05) is 39.5 Å². The molecule has 0 heterocycles. The third-order valence-corrected chi connectivity index (χ3v) is 2.40. The fraction of sp³-hybridized carbons (Fsp3) is 0.846. The van der Waals surface area contributed by atoms with Gasteiger partial charge in [-0.2, -0.15) is 0 Å². The lowest BCUT2D eigenvalue weighted by Gasteiger charge is -2.35. The first-order valence-corrected chi connectivity index (χ1v) is 5.28. The van der Waals surface area contributed by atoms with E-state index < -0.39 is 5.60 Å². The first-order chi connectivity index (χ1) is 6.02. The molecule has 82 valence electrons. The van der Waals surface area contributed by atoms with Gasteiger partial charge < -0.3 is 5.11 Å². The second kappa shape index (κ2) is 3.95. The van der Waals surface area contributed by atoms with Gasteiger partial charge in [-0.15, -0.1) is 0 Å². The van der Waals surface area contributed by atoms with Crippen molar-refractivity contribution in [3.8, 4) is 11.8 Å². The minimum Gasteiger partial charge on any atom is -0.377 e. The topological polar surface area (TPSA) is 20.2 Å². The summed E-state index contributed by atoms with van der Waals surface area (Å²) < 4.78 is 0. The number of hydrogen-bond acceptors (Lipinski definition) is 1. The Labute approximate surface area is 88.9 Å². The van der Waals surface area contributed by atoms with Crippen LogP contribution in [0.4, 0.5) is 0 Å².